The van der Waals surface area contributed by atoms with Gasteiger partial charge in [0.2, 0.25) is 11.8 Å². The van der Waals surface area contributed by atoms with Gasteiger partial charge >= 0.3 is 0 Å². The first-order chi connectivity index (χ1) is 11.6. The molecule has 3 aromatic heterocycles. The lowest BCUT2D eigenvalue weighted by molar-refractivity contribution is 0.232. The zero-order valence-electron chi connectivity index (χ0n) is 13.5. The van der Waals surface area contributed by atoms with Crippen molar-refractivity contribution >= 4 is 11.8 Å². The number of nitrogen functional groups attached to an aromatic ring is 1. The molecule has 3 rings (SSSR count). The van der Waals surface area contributed by atoms with E-state index in [0.717, 1.165) is 5.56 Å². The van der Waals surface area contributed by atoms with Crippen LogP contribution in [0.15, 0.2) is 42.9 Å². The Labute approximate surface area is 139 Å². The Balaban J connectivity index is 1.73. The first-order valence-electron chi connectivity index (χ1n) is 7.60. The average molecular weight is 325 g/mol. The van der Waals surface area contributed by atoms with E-state index in [4.69, 9.17) is 10.5 Å². The molecule has 0 aromatic carbocycles. The molecule has 3 aromatic rings. The summed E-state index contributed by atoms with van der Waals surface area (Å²) in [7, 11) is 0. The molecule has 0 aliphatic rings. The van der Waals surface area contributed by atoms with Crippen LogP contribution in [-0.4, -0.2) is 30.8 Å². The molecule has 0 fully saturated rings. The molecule has 3 N–H and O–H groups in total. The number of hydrogen-bond donors (Lipinski definition) is 2. The van der Waals surface area contributed by atoms with Crippen LogP contribution in [0.3, 0.4) is 0 Å². The summed E-state index contributed by atoms with van der Waals surface area (Å²) in [5.74, 6) is 2.01. The molecule has 24 heavy (non-hydrogen) atoms. The van der Waals surface area contributed by atoms with E-state index in [1.807, 2.05) is 32.0 Å². The van der Waals surface area contributed by atoms with Crippen molar-refractivity contribution in [2.24, 2.45) is 0 Å². The third-order valence-corrected chi connectivity index (χ3v) is 3.10. The second kappa shape index (κ2) is 6.95. The summed E-state index contributed by atoms with van der Waals surface area (Å²) in [5, 5.41) is 7.37. The maximum Gasteiger partial charge on any atom is 0.224 e. The largest absolute Gasteiger partial charge is 0.475 e. The van der Waals surface area contributed by atoms with E-state index in [1.165, 1.54) is 0 Å². The van der Waals surface area contributed by atoms with Crippen molar-refractivity contribution in [3.63, 3.8) is 0 Å². The van der Waals surface area contributed by atoms with Gasteiger partial charge in [-0.1, -0.05) is 0 Å². The Bertz CT molecular complexity index is 802. The minimum absolute atomic E-state index is 0.0824. The van der Waals surface area contributed by atoms with Gasteiger partial charge in [0, 0.05) is 37.3 Å². The van der Waals surface area contributed by atoms with Crippen LogP contribution >= 0.6 is 0 Å². The molecule has 0 aliphatic carbocycles. The standard InChI is InChI=1S/C16H19N7O/c1-11(2)24-15-8-12(4-6-18-15)10-19-13-9-14(22-16(17)21-13)23-7-3-5-20-23/h3-9,11H,10H2,1-2H3,(H3,17,19,21,22). The summed E-state index contributed by atoms with van der Waals surface area (Å²) in [6.45, 7) is 4.49. The summed E-state index contributed by atoms with van der Waals surface area (Å²) < 4.78 is 7.23. The third-order valence-electron chi connectivity index (χ3n) is 3.10. The highest BCUT2D eigenvalue weighted by Gasteiger charge is 2.06. The van der Waals surface area contributed by atoms with Gasteiger partial charge in [-0.25, -0.2) is 9.67 Å². The van der Waals surface area contributed by atoms with E-state index in [0.29, 0.717) is 24.1 Å². The number of hydrogen-bond acceptors (Lipinski definition) is 7. The maximum atomic E-state index is 5.78. The normalized spacial score (nSPS) is 10.8. The van der Waals surface area contributed by atoms with Crippen LogP contribution in [0, 0.1) is 0 Å². The Morgan fingerprint density at radius 2 is 2.12 bits per heavy atom. The molecule has 8 heteroatoms. The van der Waals surface area contributed by atoms with Gasteiger partial charge in [-0.3, -0.25) is 0 Å². The number of aromatic nitrogens is 5. The molecule has 0 unspecified atom stereocenters. The fraction of sp³-hybridized carbons (Fsp3) is 0.250. The van der Waals surface area contributed by atoms with E-state index in [1.54, 1.807) is 29.3 Å². The average Bonchev–Trinajstić information content (AvgIpc) is 3.07. The van der Waals surface area contributed by atoms with Gasteiger partial charge in [-0.05, 0) is 31.5 Å². The monoisotopic (exact) mass is 325 g/mol. The van der Waals surface area contributed by atoms with Gasteiger partial charge in [-0.15, -0.1) is 0 Å². The maximum absolute atomic E-state index is 5.78. The van der Waals surface area contributed by atoms with Crippen molar-refractivity contribution in [3.05, 3.63) is 48.4 Å². The van der Waals surface area contributed by atoms with Crippen LogP contribution in [0.2, 0.25) is 0 Å². The Hall–Kier alpha value is -3.16. The number of nitrogens with zero attached hydrogens (tertiary/aromatic N) is 5. The van der Waals surface area contributed by atoms with Crippen molar-refractivity contribution < 1.29 is 4.74 Å². The molecule has 0 saturated carbocycles. The van der Waals surface area contributed by atoms with Crippen LogP contribution in [0.25, 0.3) is 5.82 Å². The number of nitrogens with two attached hydrogens (primary N) is 1. The third kappa shape index (κ3) is 3.97. The van der Waals surface area contributed by atoms with Crippen LogP contribution in [0.4, 0.5) is 11.8 Å². The summed E-state index contributed by atoms with van der Waals surface area (Å²) in [4.78, 5) is 12.6. The minimum atomic E-state index is 0.0824. The molecule has 0 amide bonds. The Morgan fingerprint density at radius 1 is 1.25 bits per heavy atom. The van der Waals surface area contributed by atoms with E-state index in [2.05, 4.69) is 25.4 Å². The molecule has 0 bridgehead atoms. The predicted molar refractivity (Wildman–Crippen MR) is 90.9 cm³/mol. The highest BCUT2D eigenvalue weighted by molar-refractivity contribution is 5.46. The summed E-state index contributed by atoms with van der Waals surface area (Å²) in [6.07, 6.45) is 5.28. The molecule has 0 aliphatic heterocycles. The second-order valence-corrected chi connectivity index (χ2v) is 5.44. The van der Waals surface area contributed by atoms with E-state index >= 15 is 0 Å². The number of nitrogens with one attached hydrogen (secondary N) is 1. The molecule has 8 nitrogen and oxygen atoms in total. The molecular formula is C16H19N7O. The molecule has 0 saturated heterocycles. The lowest BCUT2D eigenvalue weighted by Gasteiger charge is -2.11. The first kappa shape index (κ1) is 15.7. The summed E-state index contributed by atoms with van der Waals surface area (Å²) in [6, 6.07) is 7.42. The fourth-order valence-electron chi connectivity index (χ4n) is 2.12. The van der Waals surface area contributed by atoms with E-state index < -0.39 is 0 Å². The summed E-state index contributed by atoms with van der Waals surface area (Å²) in [5.41, 5.74) is 6.81. The Kier molecular flexibility index (Phi) is 4.55. The van der Waals surface area contributed by atoms with Gasteiger partial charge in [-0.2, -0.15) is 15.1 Å². The zero-order chi connectivity index (χ0) is 16.9. The smallest absolute Gasteiger partial charge is 0.224 e. The van der Waals surface area contributed by atoms with Crippen LogP contribution in [0.5, 0.6) is 5.88 Å². The highest BCUT2D eigenvalue weighted by Crippen LogP contribution is 2.15. The molecule has 3 heterocycles. The number of pyridine rings is 1. The highest BCUT2D eigenvalue weighted by atomic mass is 16.5. The van der Waals surface area contributed by atoms with Gasteiger partial charge in [0.25, 0.3) is 0 Å². The lowest BCUT2D eigenvalue weighted by atomic mass is 10.2. The van der Waals surface area contributed by atoms with E-state index in [-0.39, 0.29) is 12.1 Å². The molecule has 0 radical (unpaired) electrons. The number of ether oxygens (including phenoxy) is 1. The Morgan fingerprint density at radius 3 is 2.88 bits per heavy atom. The van der Waals surface area contributed by atoms with Crippen molar-refractivity contribution in [3.8, 4) is 11.7 Å². The fourth-order valence-corrected chi connectivity index (χ4v) is 2.12. The van der Waals surface area contributed by atoms with Crippen LogP contribution in [-0.2, 0) is 6.54 Å². The topological polar surface area (TPSA) is 104 Å². The lowest BCUT2D eigenvalue weighted by Crippen LogP contribution is -2.09. The minimum Gasteiger partial charge on any atom is -0.475 e. The predicted octanol–water partition coefficient (Wildman–Crippen LogP) is 2.04. The van der Waals surface area contributed by atoms with Crippen molar-refractivity contribution in [1.82, 2.24) is 24.7 Å². The zero-order valence-corrected chi connectivity index (χ0v) is 13.5. The number of rotatable bonds is 6. The summed E-state index contributed by atoms with van der Waals surface area (Å²) >= 11 is 0. The second-order valence-electron chi connectivity index (χ2n) is 5.44. The van der Waals surface area contributed by atoms with Gasteiger partial charge in [0.05, 0.1) is 6.10 Å². The van der Waals surface area contributed by atoms with Crippen LogP contribution < -0.4 is 15.8 Å². The molecular weight excluding hydrogens is 306 g/mol. The molecule has 0 spiro atoms. The first-order valence-corrected chi connectivity index (χ1v) is 7.60. The van der Waals surface area contributed by atoms with Gasteiger partial charge in [0.1, 0.15) is 5.82 Å². The van der Waals surface area contributed by atoms with Crippen molar-refractivity contribution in [1.29, 1.82) is 0 Å². The van der Waals surface area contributed by atoms with Crippen LogP contribution in [0.1, 0.15) is 19.4 Å². The SMILES string of the molecule is CC(C)Oc1cc(CNc2cc(-n3cccn3)nc(N)n2)ccn1. The van der Waals surface area contributed by atoms with Gasteiger partial charge in [0.15, 0.2) is 5.82 Å². The van der Waals surface area contributed by atoms with Gasteiger partial charge < -0.3 is 15.8 Å². The molecule has 0 atom stereocenters. The van der Waals surface area contributed by atoms with E-state index in [9.17, 15) is 0 Å². The quantitative estimate of drug-likeness (QED) is 0.714. The van der Waals surface area contributed by atoms with Crippen molar-refractivity contribution in [2.45, 2.75) is 26.5 Å². The number of anilines is 2. The van der Waals surface area contributed by atoms with Crippen molar-refractivity contribution in [2.75, 3.05) is 11.1 Å². The molecule has 124 valence electrons.